The molecule has 1 atom stereocenters. The summed E-state index contributed by atoms with van der Waals surface area (Å²) in [6.07, 6.45) is 3.37. The van der Waals surface area contributed by atoms with Gasteiger partial charge in [-0.2, -0.15) is 0 Å². The number of piperidine rings is 1. The number of ether oxygens (including phenoxy) is 1. The molecule has 0 aromatic heterocycles. The lowest BCUT2D eigenvalue weighted by atomic mass is 10.0. The summed E-state index contributed by atoms with van der Waals surface area (Å²) in [6.45, 7) is 5.81. The van der Waals surface area contributed by atoms with Crippen LogP contribution in [0.4, 0.5) is 4.39 Å². The van der Waals surface area contributed by atoms with Gasteiger partial charge in [-0.3, -0.25) is 14.5 Å². The molecule has 1 aromatic carbocycles. The third-order valence-corrected chi connectivity index (χ3v) is 5.37. The first-order valence-corrected chi connectivity index (χ1v) is 9.71. The minimum atomic E-state index is -0.388. The fourth-order valence-electron chi connectivity index (χ4n) is 3.70. The molecule has 2 aliphatic heterocycles. The Morgan fingerprint density at radius 1 is 1.11 bits per heavy atom. The van der Waals surface area contributed by atoms with Crippen molar-refractivity contribution in [2.75, 3.05) is 45.9 Å². The van der Waals surface area contributed by atoms with Crippen molar-refractivity contribution >= 4 is 11.8 Å². The molecule has 2 amide bonds. The Kier molecular flexibility index (Phi) is 6.66. The molecule has 0 N–H and O–H groups in total. The molecule has 0 saturated carbocycles. The molecule has 0 spiro atoms. The number of amides is 2. The maximum atomic E-state index is 13.1. The smallest absolute Gasteiger partial charge is 0.260 e. The Morgan fingerprint density at radius 2 is 1.89 bits per heavy atom. The Balaban J connectivity index is 1.40. The summed E-state index contributed by atoms with van der Waals surface area (Å²) in [4.78, 5) is 30.7. The summed E-state index contributed by atoms with van der Waals surface area (Å²) in [7, 11) is 0. The minimum absolute atomic E-state index is 0.103. The number of benzene rings is 1. The molecule has 1 unspecified atom stereocenters. The van der Waals surface area contributed by atoms with E-state index in [0.29, 0.717) is 44.5 Å². The zero-order chi connectivity index (χ0) is 19.2. The highest BCUT2D eigenvalue weighted by Gasteiger charge is 2.27. The van der Waals surface area contributed by atoms with Crippen molar-refractivity contribution in [2.45, 2.75) is 32.2 Å². The van der Waals surface area contributed by atoms with Gasteiger partial charge in [-0.1, -0.05) is 6.07 Å². The third-order valence-electron chi connectivity index (χ3n) is 5.37. The van der Waals surface area contributed by atoms with Crippen LogP contribution in [0, 0.1) is 5.82 Å². The van der Waals surface area contributed by atoms with E-state index in [1.54, 1.807) is 17.0 Å². The monoisotopic (exact) mass is 377 g/mol. The van der Waals surface area contributed by atoms with Gasteiger partial charge in [0, 0.05) is 44.8 Å². The summed E-state index contributed by atoms with van der Waals surface area (Å²) in [5.74, 6) is 0.0378. The second-order valence-electron chi connectivity index (χ2n) is 7.33. The van der Waals surface area contributed by atoms with Crippen LogP contribution in [0.5, 0.6) is 5.75 Å². The maximum absolute atomic E-state index is 13.1. The molecule has 0 bridgehead atoms. The highest BCUT2D eigenvalue weighted by atomic mass is 19.1. The van der Waals surface area contributed by atoms with Crippen molar-refractivity contribution < 1.29 is 18.7 Å². The lowest BCUT2D eigenvalue weighted by molar-refractivity contribution is -0.138. The van der Waals surface area contributed by atoms with Crippen molar-refractivity contribution in [1.82, 2.24) is 14.7 Å². The summed E-state index contributed by atoms with van der Waals surface area (Å²) in [5.41, 5.74) is 0. The normalized spacial score (nSPS) is 21.2. The number of nitrogens with zero attached hydrogens (tertiary/aromatic N) is 3. The van der Waals surface area contributed by atoms with Crippen LogP contribution >= 0.6 is 0 Å². The van der Waals surface area contributed by atoms with Gasteiger partial charge in [0.15, 0.2) is 6.61 Å². The predicted octanol–water partition coefficient (Wildman–Crippen LogP) is 1.75. The van der Waals surface area contributed by atoms with Gasteiger partial charge < -0.3 is 14.5 Å². The second kappa shape index (κ2) is 9.17. The molecule has 148 valence electrons. The van der Waals surface area contributed by atoms with Gasteiger partial charge in [-0.15, -0.1) is 0 Å². The predicted molar refractivity (Wildman–Crippen MR) is 99.9 cm³/mol. The van der Waals surface area contributed by atoms with E-state index in [0.717, 1.165) is 19.4 Å². The van der Waals surface area contributed by atoms with Crippen LogP contribution in [0.25, 0.3) is 0 Å². The maximum Gasteiger partial charge on any atom is 0.260 e. The van der Waals surface area contributed by atoms with Crippen LogP contribution in [-0.2, 0) is 9.59 Å². The van der Waals surface area contributed by atoms with E-state index in [9.17, 15) is 14.0 Å². The van der Waals surface area contributed by atoms with Crippen LogP contribution < -0.4 is 4.74 Å². The second-order valence-corrected chi connectivity index (χ2v) is 7.33. The number of piperazine rings is 1. The number of likely N-dealkylation sites (tertiary alicyclic amines) is 1. The van der Waals surface area contributed by atoms with Gasteiger partial charge in [-0.25, -0.2) is 4.39 Å². The van der Waals surface area contributed by atoms with E-state index < -0.39 is 0 Å². The first-order chi connectivity index (χ1) is 13.0. The van der Waals surface area contributed by atoms with Gasteiger partial charge in [0.25, 0.3) is 5.91 Å². The van der Waals surface area contributed by atoms with E-state index in [4.69, 9.17) is 4.74 Å². The number of rotatable bonds is 5. The molecule has 2 saturated heterocycles. The molecule has 27 heavy (non-hydrogen) atoms. The molecule has 2 heterocycles. The summed E-state index contributed by atoms with van der Waals surface area (Å²) in [5, 5.41) is 0. The Hall–Kier alpha value is -2.15. The van der Waals surface area contributed by atoms with E-state index in [1.807, 2.05) is 4.90 Å². The van der Waals surface area contributed by atoms with Crippen molar-refractivity contribution in [1.29, 1.82) is 0 Å². The SMILES string of the molecule is CC1CCCCN1C(=O)CN1CCN(C(=O)COc2cccc(F)c2)CC1. The fraction of sp³-hybridized carbons (Fsp3) is 0.600. The van der Waals surface area contributed by atoms with Crippen LogP contribution in [-0.4, -0.2) is 78.4 Å². The van der Waals surface area contributed by atoms with E-state index in [1.165, 1.54) is 18.6 Å². The number of halogens is 1. The van der Waals surface area contributed by atoms with Crippen LogP contribution in [0.1, 0.15) is 26.2 Å². The van der Waals surface area contributed by atoms with Gasteiger partial charge >= 0.3 is 0 Å². The quantitative estimate of drug-likeness (QED) is 0.785. The number of carbonyl (C=O) groups excluding carboxylic acids is 2. The molecule has 2 fully saturated rings. The number of hydrogen-bond acceptors (Lipinski definition) is 4. The largest absolute Gasteiger partial charge is 0.484 e. The average molecular weight is 377 g/mol. The van der Waals surface area contributed by atoms with Gasteiger partial charge in [-0.05, 0) is 38.3 Å². The Labute approximate surface area is 159 Å². The molecular formula is C20H28FN3O3. The summed E-state index contributed by atoms with van der Waals surface area (Å²) < 4.78 is 18.5. The molecule has 1 aromatic rings. The first kappa shape index (κ1) is 19.6. The fourth-order valence-corrected chi connectivity index (χ4v) is 3.70. The van der Waals surface area contributed by atoms with Crippen molar-refractivity contribution in [3.63, 3.8) is 0 Å². The van der Waals surface area contributed by atoms with Crippen LogP contribution in [0.15, 0.2) is 24.3 Å². The van der Waals surface area contributed by atoms with Crippen molar-refractivity contribution in [2.24, 2.45) is 0 Å². The van der Waals surface area contributed by atoms with Gasteiger partial charge in [0.05, 0.1) is 6.54 Å². The zero-order valence-electron chi connectivity index (χ0n) is 15.9. The topological polar surface area (TPSA) is 53.1 Å². The Bertz CT molecular complexity index is 662. The van der Waals surface area contributed by atoms with Crippen LogP contribution in [0.2, 0.25) is 0 Å². The van der Waals surface area contributed by atoms with Crippen LogP contribution in [0.3, 0.4) is 0 Å². The third kappa shape index (κ3) is 5.42. The van der Waals surface area contributed by atoms with E-state index in [-0.39, 0.29) is 24.2 Å². The Morgan fingerprint density at radius 3 is 2.59 bits per heavy atom. The summed E-state index contributed by atoms with van der Waals surface area (Å²) >= 11 is 0. The number of hydrogen-bond donors (Lipinski definition) is 0. The van der Waals surface area contributed by atoms with Crippen molar-refractivity contribution in [3.8, 4) is 5.75 Å². The zero-order valence-corrected chi connectivity index (χ0v) is 15.9. The average Bonchev–Trinajstić information content (AvgIpc) is 2.67. The minimum Gasteiger partial charge on any atom is -0.484 e. The van der Waals surface area contributed by atoms with Gasteiger partial charge in [0.1, 0.15) is 11.6 Å². The first-order valence-electron chi connectivity index (χ1n) is 9.71. The van der Waals surface area contributed by atoms with Gasteiger partial charge in [0.2, 0.25) is 5.91 Å². The molecule has 2 aliphatic rings. The molecular weight excluding hydrogens is 349 g/mol. The number of carbonyl (C=O) groups is 2. The van der Waals surface area contributed by atoms with E-state index in [2.05, 4.69) is 11.8 Å². The lowest BCUT2D eigenvalue weighted by Gasteiger charge is -2.38. The molecule has 6 nitrogen and oxygen atoms in total. The molecule has 0 aliphatic carbocycles. The van der Waals surface area contributed by atoms with E-state index >= 15 is 0 Å². The standard InChI is InChI=1S/C20H28FN3O3/c1-16-5-2-3-8-24(16)19(25)14-22-9-11-23(12-10-22)20(26)15-27-18-7-4-6-17(21)13-18/h4,6-7,13,16H,2-3,5,8-12,14-15H2,1H3. The molecule has 0 radical (unpaired) electrons. The highest BCUT2D eigenvalue weighted by molar-refractivity contribution is 5.79. The lowest BCUT2D eigenvalue weighted by Crippen LogP contribution is -2.53. The summed E-state index contributed by atoms with van der Waals surface area (Å²) in [6, 6.07) is 6.10. The molecule has 7 heteroatoms. The highest BCUT2D eigenvalue weighted by Crippen LogP contribution is 2.17. The molecule has 3 rings (SSSR count). The van der Waals surface area contributed by atoms with Crippen molar-refractivity contribution in [3.05, 3.63) is 30.1 Å².